The fourth-order valence-corrected chi connectivity index (χ4v) is 1.86. The Morgan fingerprint density at radius 3 is 2.46 bits per heavy atom. The van der Waals surface area contributed by atoms with Crippen molar-refractivity contribution < 1.29 is 4.79 Å². The third-order valence-electron chi connectivity index (χ3n) is 2.90. The van der Waals surface area contributed by atoms with E-state index in [1.165, 1.54) is 0 Å². The molecule has 1 aliphatic rings. The molecular formula is C10H16N2O. The van der Waals surface area contributed by atoms with Gasteiger partial charge in [-0.15, -0.1) is 0 Å². The first-order valence-electron chi connectivity index (χ1n) is 4.83. The summed E-state index contributed by atoms with van der Waals surface area (Å²) in [5, 5.41) is 9.03. The second-order valence-corrected chi connectivity index (χ2v) is 3.72. The molecule has 0 heterocycles. The minimum absolute atomic E-state index is 0.00926. The second kappa shape index (κ2) is 3.78. The molecule has 1 aliphatic carbocycles. The van der Waals surface area contributed by atoms with Crippen molar-refractivity contribution in [3.8, 4) is 6.07 Å². The summed E-state index contributed by atoms with van der Waals surface area (Å²) in [4.78, 5) is 13.5. The zero-order chi connectivity index (χ0) is 9.90. The zero-order valence-electron chi connectivity index (χ0n) is 8.34. The van der Waals surface area contributed by atoms with Crippen molar-refractivity contribution in [2.24, 2.45) is 5.41 Å². The smallest absolute Gasteiger partial charge is 0.242 e. The summed E-state index contributed by atoms with van der Waals surface area (Å²) in [6, 6.07) is 2.20. The normalized spacial score (nSPS) is 19.5. The maximum atomic E-state index is 11.8. The Balaban J connectivity index is 2.78. The van der Waals surface area contributed by atoms with Gasteiger partial charge in [-0.05, 0) is 19.8 Å². The molecule has 0 aromatic carbocycles. The number of amides is 1. The minimum Gasteiger partial charge on any atom is -0.345 e. The van der Waals surface area contributed by atoms with Crippen LogP contribution in [0.1, 0.15) is 32.6 Å². The standard InChI is InChI=1S/C10H16N2O/c1-3-12(2)9(13)10(8-11)6-4-5-7-10/h3-7H2,1-2H3. The third kappa shape index (κ3) is 1.67. The topological polar surface area (TPSA) is 44.1 Å². The van der Waals surface area contributed by atoms with Crippen LogP contribution < -0.4 is 0 Å². The zero-order valence-corrected chi connectivity index (χ0v) is 8.34. The Kier molecular flexibility index (Phi) is 2.92. The van der Waals surface area contributed by atoms with E-state index in [0.717, 1.165) is 25.7 Å². The van der Waals surface area contributed by atoms with Gasteiger partial charge in [0.2, 0.25) is 5.91 Å². The average molecular weight is 180 g/mol. The van der Waals surface area contributed by atoms with Crippen LogP contribution in [0, 0.1) is 16.7 Å². The van der Waals surface area contributed by atoms with Gasteiger partial charge in [-0.1, -0.05) is 12.8 Å². The molecule has 3 heteroatoms. The molecule has 1 rings (SSSR count). The van der Waals surface area contributed by atoms with Crippen LogP contribution in [0.4, 0.5) is 0 Å². The fourth-order valence-electron chi connectivity index (χ4n) is 1.86. The van der Waals surface area contributed by atoms with Gasteiger partial charge >= 0.3 is 0 Å². The molecule has 0 unspecified atom stereocenters. The Morgan fingerprint density at radius 2 is 2.08 bits per heavy atom. The van der Waals surface area contributed by atoms with Crippen molar-refractivity contribution in [3.05, 3.63) is 0 Å². The number of hydrogen-bond donors (Lipinski definition) is 0. The predicted octanol–water partition coefficient (Wildman–Crippen LogP) is 1.55. The van der Waals surface area contributed by atoms with Crippen LogP contribution in [-0.4, -0.2) is 24.4 Å². The van der Waals surface area contributed by atoms with E-state index < -0.39 is 5.41 Å². The van der Waals surface area contributed by atoms with Crippen LogP contribution in [0.2, 0.25) is 0 Å². The van der Waals surface area contributed by atoms with Gasteiger partial charge in [0.05, 0.1) is 6.07 Å². The molecule has 1 fully saturated rings. The minimum atomic E-state index is -0.690. The molecule has 0 spiro atoms. The molecule has 0 bridgehead atoms. The van der Waals surface area contributed by atoms with E-state index >= 15 is 0 Å². The van der Waals surface area contributed by atoms with Gasteiger partial charge in [-0.2, -0.15) is 5.26 Å². The number of carbonyl (C=O) groups is 1. The van der Waals surface area contributed by atoms with E-state index in [0.29, 0.717) is 6.54 Å². The van der Waals surface area contributed by atoms with Gasteiger partial charge in [0.15, 0.2) is 0 Å². The summed E-state index contributed by atoms with van der Waals surface area (Å²) in [6.07, 6.45) is 3.51. The molecule has 0 saturated heterocycles. The van der Waals surface area contributed by atoms with E-state index in [1.807, 2.05) is 6.92 Å². The molecule has 0 atom stereocenters. The Bertz CT molecular complexity index is 236. The first-order chi connectivity index (χ1) is 6.16. The molecule has 0 radical (unpaired) electrons. The highest BCUT2D eigenvalue weighted by Crippen LogP contribution is 2.38. The SMILES string of the molecule is CCN(C)C(=O)C1(C#N)CCCC1. The third-order valence-corrected chi connectivity index (χ3v) is 2.90. The molecular weight excluding hydrogens is 164 g/mol. The van der Waals surface area contributed by atoms with E-state index in [1.54, 1.807) is 11.9 Å². The lowest BCUT2D eigenvalue weighted by molar-refractivity contribution is -0.137. The maximum Gasteiger partial charge on any atom is 0.242 e. The summed E-state index contributed by atoms with van der Waals surface area (Å²) >= 11 is 0. The number of carbonyl (C=O) groups excluding carboxylic acids is 1. The lowest BCUT2D eigenvalue weighted by Gasteiger charge is -2.25. The molecule has 3 nitrogen and oxygen atoms in total. The second-order valence-electron chi connectivity index (χ2n) is 3.72. The molecule has 1 amide bonds. The molecule has 0 N–H and O–H groups in total. The summed E-state index contributed by atoms with van der Waals surface area (Å²) in [5.74, 6) is 0.00926. The van der Waals surface area contributed by atoms with Crippen molar-refractivity contribution in [1.82, 2.24) is 4.90 Å². The molecule has 72 valence electrons. The largest absolute Gasteiger partial charge is 0.345 e. The Hall–Kier alpha value is -1.04. The van der Waals surface area contributed by atoms with Crippen LogP contribution in [0.3, 0.4) is 0 Å². The van der Waals surface area contributed by atoms with Crippen molar-refractivity contribution in [2.45, 2.75) is 32.6 Å². The van der Waals surface area contributed by atoms with E-state index in [-0.39, 0.29) is 5.91 Å². The van der Waals surface area contributed by atoms with Gasteiger partial charge in [0, 0.05) is 13.6 Å². The number of rotatable bonds is 2. The van der Waals surface area contributed by atoms with Crippen molar-refractivity contribution in [1.29, 1.82) is 5.26 Å². The Labute approximate surface area is 79.3 Å². The summed E-state index contributed by atoms with van der Waals surface area (Å²) in [5.41, 5.74) is -0.690. The monoisotopic (exact) mass is 180 g/mol. The molecule has 13 heavy (non-hydrogen) atoms. The van der Waals surface area contributed by atoms with Crippen molar-refractivity contribution in [3.63, 3.8) is 0 Å². The highest BCUT2D eigenvalue weighted by molar-refractivity contribution is 5.85. The first-order valence-corrected chi connectivity index (χ1v) is 4.83. The average Bonchev–Trinajstić information content (AvgIpc) is 2.65. The molecule has 0 aromatic rings. The highest BCUT2D eigenvalue weighted by atomic mass is 16.2. The van der Waals surface area contributed by atoms with Crippen LogP contribution in [0.25, 0.3) is 0 Å². The van der Waals surface area contributed by atoms with Gasteiger partial charge in [-0.3, -0.25) is 4.79 Å². The summed E-state index contributed by atoms with van der Waals surface area (Å²) in [7, 11) is 1.76. The molecule has 0 aliphatic heterocycles. The van der Waals surface area contributed by atoms with Crippen molar-refractivity contribution in [2.75, 3.05) is 13.6 Å². The van der Waals surface area contributed by atoms with Gasteiger partial charge < -0.3 is 4.90 Å². The first kappa shape index (κ1) is 10.0. The molecule has 1 saturated carbocycles. The Morgan fingerprint density at radius 1 is 1.54 bits per heavy atom. The summed E-state index contributed by atoms with van der Waals surface area (Å²) in [6.45, 7) is 2.61. The number of hydrogen-bond acceptors (Lipinski definition) is 2. The van der Waals surface area contributed by atoms with Crippen molar-refractivity contribution >= 4 is 5.91 Å². The van der Waals surface area contributed by atoms with E-state index in [9.17, 15) is 4.79 Å². The van der Waals surface area contributed by atoms with E-state index in [4.69, 9.17) is 5.26 Å². The highest BCUT2D eigenvalue weighted by Gasteiger charge is 2.42. The van der Waals surface area contributed by atoms with Gasteiger partial charge in [0.1, 0.15) is 5.41 Å². The molecule has 0 aromatic heterocycles. The van der Waals surface area contributed by atoms with E-state index in [2.05, 4.69) is 6.07 Å². The lowest BCUT2D eigenvalue weighted by Crippen LogP contribution is -2.39. The van der Waals surface area contributed by atoms with Gasteiger partial charge in [0.25, 0.3) is 0 Å². The lowest BCUT2D eigenvalue weighted by atomic mass is 9.86. The van der Waals surface area contributed by atoms with Crippen LogP contribution in [0.15, 0.2) is 0 Å². The fraction of sp³-hybridized carbons (Fsp3) is 0.800. The van der Waals surface area contributed by atoms with Crippen LogP contribution >= 0.6 is 0 Å². The number of nitriles is 1. The predicted molar refractivity (Wildman–Crippen MR) is 49.8 cm³/mol. The van der Waals surface area contributed by atoms with Crippen LogP contribution in [-0.2, 0) is 4.79 Å². The van der Waals surface area contributed by atoms with Gasteiger partial charge in [-0.25, -0.2) is 0 Å². The number of nitrogens with zero attached hydrogens (tertiary/aromatic N) is 2. The van der Waals surface area contributed by atoms with Crippen LogP contribution in [0.5, 0.6) is 0 Å². The maximum absolute atomic E-state index is 11.8. The summed E-state index contributed by atoms with van der Waals surface area (Å²) < 4.78 is 0. The quantitative estimate of drug-likeness (QED) is 0.647.